The number of Topliss-reactive ketones (excluding diaryl/α,β-unsaturated/α-hetero) is 2. The summed E-state index contributed by atoms with van der Waals surface area (Å²) >= 11 is 0. The predicted molar refractivity (Wildman–Crippen MR) is 190 cm³/mol. The summed E-state index contributed by atoms with van der Waals surface area (Å²) in [6.07, 6.45) is -5.97. The molecule has 1 aromatic carbocycles. The van der Waals surface area contributed by atoms with Crippen LogP contribution in [0.4, 0.5) is 0 Å². The first-order valence-corrected chi connectivity index (χ1v) is 17.7. The van der Waals surface area contributed by atoms with Crippen LogP contribution in [0.3, 0.4) is 0 Å². The molecule has 0 aliphatic carbocycles. The van der Waals surface area contributed by atoms with Crippen LogP contribution < -0.4 is 16.0 Å². The molecule has 2 heterocycles. The van der Waals surface area contributed by atoms with Crippen molar-refractivity contribution in [3.63, 3.8) is 0 Å². The Kier molecular flexibility index (Phi) is 17.8. The molecular formula is C36H55N5O11. The molecule has 3 amide bonds. The van der Waals surface area contributed by atoms with E-state index in [1.165, 1.54) is 13.8 Å². The molecule has 0 saturated carbocycles. The zero-order chi connectivity index (χ0) is 38.2. The van der Waals surface area contributed by atoms with Crippen molar-refractivity contribution in [2.45, 2.75) is 90.1 Å². The number of ether oxygens (including phenoxy) is 3. The maximum atomic E-state index is 13.5. The molecule has 16 heteroatoms. The molecule has 0 spiro atoms. The number of para-hydroxylation sites is 1. The van der Waals surface area contributed by atoms with Gasteiger partial charge in [-0.2, -0.15) is 0 Å². The lowest BCUT2D eigenvalue weighted by atomic mass is 9.94. The van der Waals surface area contributed by atoms with Gasteiger partial charge < -0.3 is 54.9 Å². The number of nitrogens with zero attached hydrogens (tertiary/aromatic N) is 2. The second-order valence-electron chi connectivity index (χ2n) is 13.1. The van der Waals surface area contributed by atoms with Gasteiger partial charge in [-0.25, -0.2) is 0 Å². The average molecular weight is 734 g/mol. The highest BCUT2D eigenvalue weighted by Crippen LogP contribution is 2.23. The molecule has 52 heavy (non-hydrogen) atoms. The summed E-state index contributed by atoms with van der Waals surface area (Å²) in [7, 11) is 2.01. The molecule has 6 N–H and O–H groups in total. The fraction of sp³-hybridized carbons (Fsp3) is 0.639. The van der Waals surface area contributed by atoms with Crippen LogP contribution in [0.2, 0.25) is 0 Å². The van der Waals surface area contributed by atoms with Gasteiger partial charge in [0.1, 0.15) is 35.9 Å². The standard InChI is InChI=1S/C36H55N5O11/c1-5-40(4)21-27-18-25-8-6-7-9-29(25)41(27)13-10-28(45)19-26(35(49)37-12-15-51-17-16-50-14-11-23(2)43)20-31(46)39-36-32(38-24(3)44)34(48)33(47)30(22-42)52-36/h6-9,18,26,30,32-34,36,42,47-48H,5,10-17,19-22H2,1-4H3,(H,37,49)(H,38,44)(H,39,46)/t26-,30-,32-,33-,34-,36-/m0/s1. The van der Waals surface area contributed by atoms with Crippen LogP contribution in [-0.4, -0.2) is 138 Å². The third-order valence-electron chi connectivity index (χ3n) is 8.87. The van der Waals surface area contributed by atoms with Crippen LogP contribution in [0, 0.1) is 5.92 Å². The Balaban J connectivity index is 1.68. The molecule has 0 radical (unpaired) electrons. The Bertz CT molecular complexity index is 1480. The number of carbonyl (C=O) groups is 5. The number of hydrogen-bond acceptors (Lipinski definition) is 12. The lowest BCUT2D eigenvalue weighted by Gasteiger charge is -2.42. The maximum Gasteiger partial charge on any atom is 0.224 e. The molecule has 290 valence electrons. The highest BCUT2D eigenvalue weighted by molar-refractivity contribution is 5.91. The zero-order valence-corrected chi connectivity index (χ0v) is 30.5. The van der Waals surface area contributed by atoms with Crippen LogP contribution in [-0.2, 0) is 51.3 Å². The van der Waals surface area contributed by atoms with Crippen LogP contribution in [0.5, 0.6) is 0 Å². The largest absolute Gasteiger partial charge is 0.394 e. The summed E-state index contributed by atoms with van der Waals surface area (Å²) in [6, 6.07) is 8.75. The second kappa shape index (κ2) is 21.7. The number of aliphatic hydroxyl groups excluding tert-OH is 3. The topological polar surface area (TPSA) is 218 Å². The average Bonchev–Trinajstić information content (AvgIpc) is 3.45. The van der Waals surface area contributed by atoms with Crippen molar-refractivity contribution in [3.8, 4) is 0 Å². The molecule has 0 unspecified atom stereocenters. The van der Waals surface area contributed by atoms with Crippen molar-refractivity contribution in [1.82, 2.24) is 25.4 Å². The Morgan fingerprint density at radius 1 is 0.962 bits per heavy atom. The van der Waals surface area contributed by atoms with E-state index in [1.807, 2.05) is 31.3 Å². The van der Waals surface area contributed by atoms with E-state index in [4.69, 9.17) is 14.2 Å². The van der Waals surface area contributed by atoms with E-state index < -0.39 is 67.2 Å². The van der Waals surface area contributed by atoms with Gasteiger partial charge in [-0.15, -0.1) is 0 Å². The maximum absolute atomic E-state index is 13.5. The Morgan fingerprint density at radius 3 is 2.35 bits per heavy atom. The molecule has 16 nitrogen and oxygen atoms in total. The van der Waals surface area contributed by atoms with E-state index >= 15 is 0 Å². The Labute approximate surface area is 304 Å². The third-order valence-corrected chi connectivity index (χ3v) is 8.87. The monoisotopic (exact) mass is 733 g/mol. The van der Waals surface area contributed by atoms with Crippen LogP contribution >= 0.6 is 0 Å². The van der Waals surface area contributed by atoms with Crippen LogP contribution in [0.1, 0.15) is 52.1 Å². The van der Waals surface area contributed by atoms with E-state index in [0.29, 0.717) is 26.1 Å². The molecule has 1 saturated heterocycles. The van der Waals surface area contributed by atoms with E-state index in [0.717, 1.165) is 23.1 Å². The van der Waals surface area contributed by atoms with Gasteiger partial charge in [0.2, 0.25) is 17.7 Å². The first kappa shape index (κ1) is 42.6. The number of hydrogen-bond donors (Lipinski definition) is 6. The quantitative estimate of drug-likeness (QED) is 0.0808. The number of rotatable bonds is 23. The van der Waals surface area contributed by atoms with Gasteiger partial charge in [0.25, 0.3) is 0 Å². The molecule has 2 aromatic rings. The van der Waals surface area contributed by atoms with E-state index in [2.05, 4.69) is 38.4 Å². The Hall–Kier alpha value is -3.77. The fourth-order valence-corrected chi connectivity index (χ4v) is 5.93. The first-order valence-electron chi connectivity index (χ1n) is 17.7. The summed E-state index contributed by atoms with van der Waals surface area (Å²) < 4.78 is 18.5. The predicted octanol–water partition coefficient (Wildman–Crippen LogP) is -0.363. The number of ketones is 2. The molecular weight excluding hydrogens is 678 g/mol. The number of benzene rings is 1. The van der Waals surface area contributed by atoms with Gasteiger partial charge in [0, 0.05) is 63.5 Å². The third kappa shape index (κ3) is 13.3. The lowest BCUT2D eigenvalue weighted by molar-refractivity contribution is -0.203. The van der Waals surface area contributed by atoms with Crippen molar-refractivity contribution in [2.75, 3.05) is 53.2 Å². The minimum Gasteiger partial charge on any atom is -0.394 e. The van der Waals surface area contributed by atoms with E-state index in [-0.39, 0.29) is 50.8 Å². The number of aryl methyl sites for hydroxylation is 1. The van der Waals surface area contributed by atoms with Crippen LogP contribution in [0.15, 0.2) is 30.3 Å². The number of aliphatic hydroxyl groups is 3. The number of aromatic nitrogens is 1. The molecule has 1 aromatic heterocycles. The van der Waals surface area contributed by atoms with Crippen LogP contribution in [0.25, 0.3) is 10.9 Å². The van der Waals surface area contributed by atoms with Crippen molar-refractivity contribution in [2.24, 2.45) is 5.92 Å². The van der Waals surface area contributed by atoms with Crippen molar-refractivity contribution >= 4 is 40.2 Å². The molecule has 1 aliphatic heterocycles. The van der Waals surface area contributed by atoms with Gasteiger partial charge >= 0.3 is 0 Å². The van der Waals surface area contributed by atoms with E-state index in [9.17, 15) is 39.3 Å². The van der Waals surface area contributed by atoms with Gasteiger partial charge in [-0.3, -0.25) is 24.0 Å². The minimum atomic E-state index is -1.58. The van der Waals surface area contributed by atoms with Crippen molar-refractivity contribution in [1.29, 1.82) is 0 Å². The van der Waals surface area contributed by atoms with E-state index in [1.54, 1.807) is 0 Å². The SMILES string of the molecule is CCN(C)Cc1cc2ccccc2n1CCC(=O)C[C@@H](CC(=O)N[C@H]1O[C@@H](CO)[C@H](O)[C@@H](O)[C@@H]1NC(C)=O)C(=O)NCCOCCOCCC(C)=O. The van der Waals surface area contributed by atoms with Gasteiger partial charge in [0.15, 0.2) is 6.23 Å². The smallest absolute Gasteiger partial charge is 0.224 e. The second-order valence-corrected chi connectivity index (χ2v) is 13.1. The number of carbonyl (C=O) groups excluding carboxylic acids is 5. The Morgan fingerprint density at radius 2 is 1.67 bits per heavy atom. The van der Waals surface area contributed by atoms with Crippen molar-refractivity contribution < 1.29 is 53.5 Å². The summed E-state index contributed by atoms with van der Waals surface area (Å²) in [6.45, 7) is 7.02. The first-order chi connectivity index (χ1) is 24.8. The normalized spacial score (nSPS) is 20.8. The number of nitrogens with one attached hydrogen (secondary N) is 3. The lowest BCUT2D eigenvalue weighted by Crippen LogP contribution is -2.68. The molecule has 0 bridgehead atoms. The fourth-order valence-electron chi connectivity index (χ4n) is 5.93. The highest BCUT2D eigenvalue weighted by Gasteiger charge is 2.45. The summed E-state index contributed by atoms with van der Waals surface area (Å²) in [5.41, 5.74) is 2.04. The molecule has 3 rings (SSSR count). The van der Waals surface area contributed by atoms with Gasteiger partial charge in [-0.1, -0.05) is 25.1 Å². The van der Waals surface area contributed by atoms with Crippen molar-refractivity contribution in [3.05, 3.63) is 36.0 Å². The molecule has 1 fully saturated rings. The molecule has 6 atom stereocenters. The van der Waals surface area contributed by atoms with Gasteiger partial charge in [0.05, 0.1) is 39.0 Å². The van der Waals surface area contributed by atoms with Gasteiger partial charge in [-0.05, 0) is 38.0 Å². The summed E-state index contributed by atoms with van der Waals surface area (Å²) in [5.74, 6) is -3.11. The highest BCUT2D eigenvalue weighted by atomic mass is 16.5. The minimum absolute atomic E-state index is 0.0256. The zero-order valence-electron chi connectivity index (χ0n) is 30.5. The number of amides is 3. The molecule has 1 aliphatic rings. The number of fused-ring (bicyclic) bond motifs is 1. The summed E-state index contributed by atoms with van der Waals surface area (Å²) in [5, 5.41) is 39.3. The summed E-state index contributed by atoms with van der Waals surface area (Å²) in [4.78, 5) is 65.3.